The molecule has 1 aliphatic rings. The first-order valence-corrected chi connectivity index (χ1v) is 10.9. The number of ether oxygens (including phenoxy) is 1. The van der Waals surface area contributed by atoms with Crippen molar-refractivity contribution < 1.29 is 33.2 Å². The van der Waals surface area contributed by atoms with Crippen molar-refractivity contribution in [3.63, 3.8) is 0 Å². The second-order valence-electron chi connectivity index (χ2n) is 8.27. The fraction of sp³-hybridized carbons (Fsp3) is 0.320. The molecule has 0 spiro atoms. The minimum absolute atomic E-state index is 0.234. The van der Waals surface area contributed by atoms with Crippen LogP contribution in [0.2, 0.25) is 0 Å². The maximum absolute atomic E-state index is 13.3. The van der Waals surface area contributed by atoms with E-state index in [1.54, 1.807) is 42.5 Å². The van der Waals surface area contributed by atoms with Crippen molar-refractivity contribution in [3.8, 4) is 22.8 Å². The standard InChI is InChI=1S/C25H25F3N2O4/c26-25(27,28)18-6-9-24(17(12-18)13-30-11-10-19(32)14-30)34-20-7-4-16(5-8-20)21-2-1-3-22(29-21)23(33)15-31/h1-9,12,19,23,31-33H,10-11,13-15H2/t19?,23-/m1/s1. The molecule has 1 aromatic heterocycles. The third-order valence-electron chi connectivity index (χ3n) is 5.69. The van der Waals surface area contributed by atoms with Crippen molar-refractivity contribution in [1.82, 2.24) is 9.88 Å². The Balaban J connectivity index is 1.56. The maximum Gasteiger partial charge on any atom is 0.416 e. The number of rotatable bonds is 7. The number of alkyl halides is 3. The van der Waals surface area contributed by atoms with Crippen LogP contribution < -0.4 is 4.74 Å². The van der Waals surface area contributed by atoms with E-state index in [9.17, 15) is 23.4 Å². The quantitative estimate of drug-likeness (QED) is 0.477. The summed E-state index contributed by atoms with van der Waals surface area (Å²) >= 11 is 0. The molecule has 2 heterocycles. The smallest absolute Gasteiger partial charge is 0.416 e. The number of β-amino-alcohol motifs (C(OH)–C–C–N with tert-alkyl or cyclic N) is 1. The number of pyridine rings is 1. The summed E-state index contributed by atoms with van der Waals surface area (Å²) in [5.41, 5.74) is 1.33. The molecule has 1 fully saturated rings. The normalized spacial score (nSPS) is 17.6. The van der Waals surface area contributed by atoms with Crippen molar-refractivity contribution in [1.29, 1.82) is 0 Å². The highest BCUT2D eigenvalue weighted by Crippen LogP contribution is 2.35. The van der Waals surface area contributed by atoms with Crippen molar-refractivity contribution in [2.75, 3.05) is 19.7 Å². The fourth-order valence-corrected chi connectivity index (χ4v) is 3.89. The molecule has 34 heavy (non-hydrogen) atoms. The second kappa shape index (κ2) is 10.1. The molecule has 1 saturated heterocycles. The summed E-state index contributed by atoms with van der Waals surface area (Å²) in [6, 6.07) is 15.4. The number of aliphatic hydroxyl groups excluding tert-OH is 3. The van der Waals surface area contributed by atoms with E-state index < -0.39 is 30.6 Å². The van der Waals surface area contributed by atoms with Crippen LogP contribution in [0.15, 0.2) is 60.7 Å². The van der Waals surface area contributed by atoms with Gasteiger partial charge in [0.25, 0.3) is 0 Å². The average Bonchev–Trinajstić information content (AvgIpc) is 3.24. The Hall–Kier alpha value is -2.98. The monoisotopic (exact) mass is 474 g/mol. The van der Waals surface area contributed by atoms with E-state index in [2.05, 4.69) is 4.98 Å². The van der Waals surface area contributed by atoms with E-state index in [1.165, 1.54) is 6.07 Å². The van der Waals surface area contributed by atoms with Gasteiger partial charge in [-0.2, -0.15) is 13.2 Å². The van der Waals surface area contributed by atoms with Gasteiger partial charge < -0.3 is 20.1 Å². The lowest BCUT2D eigenvalue weighted by molar-refractivity contribution is -0.137. The lowest BCUT2D eigenvalue weighted by atomic mass is 10.1. The first-order chi connectivity index (χ1) is 16.2. The summed E-state index contributed by atoms with van der Waals surface area (Å²) < 4.78 is 45.8. The Kier molecular flexibility index (Phi) is 7.18. The molecule has 0 saturated carbocycles. The lowest BCUT2D eigenvalue weighted by Gasteiger charge is -2.19. The number of likely N-dealkylation sites (tertiary alicyclic amines) is 1. The lowest BCUT2D eigenvalue weighted by Crippen LogP contribution is -2.22. The van der Waals surface area contributed by atoms with Crippen LogP contribution in [0.25, 0.3) is 11.3 Å². The van der Waals surface area contributed by atoms with Crippen molar-refractivity contribution in [2.24, 2.45) is 0 Å². The minimum Gasteiger partial charge on any atom is -0.457 e. The van der Waals surface area contributed by atoms with Crippen molar-refractivity contribution >= 4 is 0 Å². The molecule has 2 aromatic carbocycles. The van der Waals surface area contributed by atoms with Gasteiger partial charge in [-0.25, -0.2) is 4.98 Å². The third-order valence-corrected chi connectivity index (χ3v) is 5.69. The molecule has 0 amide bonds. The van der Waals surface area contributed by atoms with Gasteiger partial charge in [0.15, 0.2) is 0 Å². The van der Waals surface area contributed by atoms with Gasteiger partial charge in [-0.05, 0) is 61.0 Å². The van der Waals surface area contributed by atoms with Crippen LogP contribution in [0.3, 0.4) is 0 Å². The highest BCUT2D eigenvalue weighted by Gasteiger charge is 2.32. The molecule has 4 rings (SSSR count). The molecular weight excluding hydrogens is 449 g/mol. The van der Waals surface area contributed by atoms with Gasteiger partial charge in [-0.1, -0.05) is 6.07 Å². The Labute approximate surface area is 194 Å². The summed E-state index contributed by atoms with van der Waals surface area (Å²) in [4.78, 5) is 6.25. The zero-order valence-corrected chi connectivity index (χ0v) is 18.2. The Morgan fingerprint density at radius 3 is 2.50 bits per heavy atom. The van der Waals surface area contributed by atoms with Crippen molar-refractivity contribution in [2.45, 2.75) is 31.3 Å². The van der Waals surface area contributed by atoms with Gasteiger partial charge in [0.2, 0.25) is 0 Å². The molecule has 3 aromatic rings. The van der Waals surface area contributed by atoms with E-state index >= 15 is 0 Å². The van der Waals surface area contributed by atoms with Crippen LogP contribution in [0.5, 0.6) is 11.5 Å². The topological polar surface area (TPSA) is 86.0 Å². The van der Waals surface area contributed by atoms with E-state index in [0.717, 1.165) is 17.7 Å². The summed E-state index contributed by atoms with van der Waals surface area (Å²) in [5, 5.41) is 28.7. The first kappa shape index (κ1) is 24.2. The fourth-order valence-electron chi connectivity index (χ4n) is 3.89. The number of nitrogens with zero attached hydrogens (tertiary/aromatic N) is 2. The van der Waals surface area contributed by atoms with Crippen molar-refractivity contribution in [3.05, 3.63) is 77.5 Å². The molecule has 180 valence electrons. The maximum atomic E-state index is 13.3. The molecule has 0 aliphatic carbocycles. The van der Waals surface area contributed by atoms with Crippen LogP contribution in [0.4, 0.5) is 13.2 Å². The van der Waals surface area contributed by atoms with Gasteiger partial charge in [0.05, 0.1) is 29.7 Å². The minimum atomic E-state index is -4.47. The molecule has 0 bridgehead atoms. The van der Waals surface area contributed by atoms with Crippen LogP contribution in [-0.2, 0) is 12.7 Å². The first-order valence-electron chi connectivity index (χ1n) is 10.9. The second-order valence-corrected chi connectivity index (χ2v) is 8.27. The Bertz CT molecular complexity index is 1120. The number of hydrogen-bond donors (Lipinski definition) is 3. The molecule has 1 unspecified atom stereocenters. The van der Waals surface area contributed by atoms with Gasteiger partial charge in [-0.3, -0.25) is 4.90 Å². The average molecular weight is 474 g/mol. The highest BCUT2D eigenvalue weighted by molar-refractivity contribution is 5.60. The highest BCUT2D eigenvalue weighted by atomic mass is 19.4. The number of hydrogen-bond acceptors (Lipinski definition) is 6. The number of aromatic nitrogens is 1. The predicted molar refractivity (Wildman–Crippen MR) is 119 cm³/mol. The summed E-state index contributed by atoms with van der Waals surface area (Å²) in [6.07, 6.45) is -5.43. The van der Waals surface area contributed by atoms with Crippen LogP contribution >= 0.6 is 0 Å². The molecule has 9 heteroatoms. The van der Waals surface area contributed by atoms with E-state index in [-0.39, 0.29) is 6.54 Å². The molecular formula is C25H25F3N2O4. The van der Waals surface area contributed by atoms with Gasteiger partial charge in [-0.15, -0.1) is 0 Å². The van der Waals surface area contributed by atoms with E-state index in [0.29, 0.717) is 48.0 Å². The number of benzene rings is 2. The zero-order valence-electron chi connectivity index (χ0n) is 18.2. The predicted octanol–water partition coefficient (Wildman–Crippen LogP) is 4.15. The Morgan fingerprint density at radius 2 is 1.85 bits per heavy atom. The van der Waals surface area contributed by atoms with Crippen LogP contribution in [-0.4, -0.2) is 51.0 Å². The van der Waals surface area contributed by atoms with Gasteiger partial charge >= 0.3 is 6.18 Å². The number of aliphatic hydroxyl groups is 3. The van der Waals surface area contributed by atoms with E-state index in [1.807, 2.05) is 4.90 Å². The van der Waals surface area contributed by atoms with Crippen LogP contribution in [0, 0.1) is 0 Å². The van der Waals surface area contributed by atoms with Gasteiger partial charge in [0, 0.05) is 30.8 Å². The summed E-state index contributed by atoms with van der Waals surface area (Å²) in [7, 11) is 0. The molecule has 3 N–H and O–H groups in total. The molecule has 2 atom stereocenters. The summed E-state index contributed by atoms with van der Waals surface area (Å²) in [6.45, 7) is 0.803. The summed E-state index contributed by atoms with van der Waals surface area (Å²) in [5.74, 6) is 0.756. The molecule has 6 nitrogen and oxygen atoms in total. The van der Waals surface area contributed by atoms with E-state index in [4.69, 9.17) is 9.84 Å². The number of halogens is 3. The Morgan fingerprint density at radius 1 is 1.09 bits per heavy atom. The third kappa shape index (κ3) is 5.74. The molecule has 1 aliphatic heterocycles. The zero-order chi connectivity index (χ0) is 24.3. The van der Waals surface area contributed by atoms with Gasteiger partial charge in [0.1, 0.15) is 17.6 Å². The van der Waals surface area contributed by atoms with Crippen LogP contribution in [0.1, 0.15) is 29.3 Å². The SMILES string of the molecule is OC[C@@H](O)c1cccc(-c2ccc(Oc3ccc(C(F)(F)F)cc3CN3CCC(O)C3)cc2)n1. The molecule has 0 radical (unpaired) electrons. The largest absolute Gasteiger partial charge is 0.457 e.